The molecule has 2 rings (SSSR count). The van der Waals surface area contributed by atoms with Crippen molar-refractivity contribution in [3.8, 4) is 0 Å². The van der Waals surface area contributed by atoms with E-state index in [2.05, 4.69) is 17.9 Å². The summed E-state index contributed by atoms with van der Waals surface area (Å²) in [7, 11) is 0. The van der Waals surface area contributed by atoms with Crippen molar-refractivity contribution in [2.45, 2.75) is 38.8 Å². The zero-order chi connectivity index (χ0) is 11.5. The number of rotatable bonds is 3. The third-order valence-corrected chi connectivity index (χ3v) is 3.74. The number of aliphatic hydroxyl groups excluding tert-OH is 1. The number of benzene rings is 1. The highest BCUT2D eigenvalue weighted by Crippen LogP contribution is 2.30. The smallest absolute Gasteiger partial charge is 0.0696 e. The number of nitrogens with zero attached hydrogens (tertiary/aromatic N) is 1. The molecule has 0 aliphatic carbocycles. The van der Waals surface area contributed by atoms with E-state index in [-0.39, 0.29) is 6.61 Å². The summed E-state index contributed by atoms with van der Waals surface area (Å²) in [5.74, 6) is 0. The van der Waals surface area contributed by atoms with Crippen LogP contribution in [0.2, 0.25) is 5.02 Å². The molecule has 1 heterocycles. The molecule has 1 aromatic carbocycles. The van der Waals surface area contributed by atoms with Gasteiger partial charge < -0.3 is 10.0 Å². The largest absolute Gasteiger partial charge is 0.392 e. The zero-order valence-corrected chi connectivity index (χ0v) is 10.4. The van der Waals surface area contributed by atoms with Crippen LogP contribution in [0.5, 0.6) is 0 Å². The lowest BCUT2D eigenvalue weighted by molar-refractivity contribution is 0.282. The highest BCUT2D eigenvalue weighted by Gasteiger charge is 2.23. The molecule has 2 nitrogen and oxygen atoms in total. The van der Waals surface area contributed by atoms with Gasteiger partial charge >= 0.3 is 0 Å². The van der Waals surface area contributed by atoms with Crippen LogP contribution in [-0.2, 0) is 6.61 Å². The molecule has 1 saturated heterocycles. The van der Waals surface area contributed by atoms with Gasteiger partial charge in [-0.2, -0.15) is 0 Å². The summed E-state index contributed by atoms with van der Waals surface area (Å²) in [5.41, 5.74) is 1.99. The van der Waals surface area contributed by atoms with E-state index in [1.165, 1.54) is 24.9 Å². The van der Waals surface area contributed by atoms with Gasteiger partial charge in [0.1, 0.15) is 0 Å². The molecule has 1 N–H and O–H groups in total. The molecule has 0 amide bonds. The normalized spacial score (nSPS) is 20.4. The van der Waals surface area contributed by atoms with Crippen molar-refractivity contribution in [1.29, 1.82) is 0 Å². The van der Waals surface area contributed by atoms with Gasteiger partial charge in [0.25, 0.3) is 0 Å². The van der Waals surface area contributed by atoms with Gasteiger partial charge in [-0.15, -0.1) is 0 Å². The Morgan fingerprint density at radius 1 is 1.50 bits per heavy atom. The second kappa shape index (κ2) is 5.07. The molecule has 0 radical (unpaired) electrons. The van der Waals surface area contributed by atoms with Gasteiger partial charge in [-0.25, -0.2) is 0 Å². The first-order valence-electron chi connectivity index (χ1n) is 5.92. The maximum Gasteiger partial charge on any atom is 0.0696 e. The van der Waals surface area contributed by atoms with Crippen LogP contribution in [0.15, 0.2) is 18.2 Å². The Hall–Kier alpha value is -0.730. The molecule has 1 atom stereocenters. The van der Waals surface area contributed by atoms with Crippen LogP contribution in [0.4, 0.5) is 5.69 Å². The Kier molecular flexibility index (Phi) is 3.72. The van der Waals surface area contributed by atoms with Crippen molar-refractivity contribution in [2.75, 3.05) is 11.4 Å². The molecule has 1 aromatic rings. The van der Waals surface area contributed by atoms with Crippen LogP contribution >= 0.6 is 11.6 Å². The van der Waals surface area contributed by atoms with Crippen molar-refractivity contribution in [3.63, 3.8) is 0 Å². The monoisotopic (exact) mass is 239 g/mol. The van der Waals surface area contributed by atoms with Gasteiger partial charge in [0.2, 0.25) is 0 Å². The molecule has 1 fully saturated rings. The molecule has 1 unspecified atom stereocenters. The third-order valence-electron chi connectivity index (χ3n) is 3.39. The van der Waals surface area contributed by atoms with Crippen LogP contribution in [0.25, 0.3) is 0 Å². The summed E-state index contributed by atoms with van der Waals surface area (Å²) in [6.45, 7) is 3.36. The van der Waals surface area contributed by atoms with Crippen LogP contribution in [0.1, 0.15) is 31.7 Å². The molecule has 1 aliphatic heterocycles. The Balaban J connectivity index is 2.23. The van der Waals surface area contributed by atoms with Crippen molar-refractivity contribution in [2.24, 2.45) is 0 Å². The molecule has 0 bridgehead atoms. The summed E-state index contributed by atoms with van der Waals surface area (Å²) < 4.78 is 0. The average molecular weight is 240 g/mol. The van der Waals surface area contributed by atoms with Crippen molar-refractivity contribution in [1.82, 2.24) is 0 Å². The fraction of sp³-hybridized carbons (Fsp3) is 0.538. The lowest BCUT2D eigenvalue weighted by Crippen LogP contribution is -2.28. The maximum atomic E-state index is 9.07. The zero-order valence-electron chi connectivity index (χ0n) is 9.62. The number of hydrogen-bond donors (Lipinski definition) is 1. The minimum absolute atomic E-state index is 0.0102. The van der Waals surface area contributed by atoms with E-state index in [0.717, 1.165) is 12.1 Å². The lowest BCUT2D eigenvalue weighted by Gasteiger charge is -2.26. The molecular formula is C13H18ClNO. The first-order chi connectivity index (χ1) is 7.76. The summed E-state index contributed by atoms with van der Waals surface area (Å²) in [6.07, 6.45) is 3.72. The topological polar surface area (TPSA) is 23.5 Å². The minimum atomic E-state index is 0.0102. The second-order valence-corrected chi connectivity index (χ2v) is 4.74. The van der Waals surface area contributed by atoms with Gasteiger partial charge in [0.15, 0.2) is 0 Å². The van der Waals surface area contributed by atoms with E-state index in [0.29, 0.717) is 11.1 Å². The fourth-order valence-electron chi connectivity index (χ4n) is 2.44. The van der Waals surface area contributed by atoms with Crippen LogP contribution < -0.4 is 4.90 Å². The van der Waals surface area contributed by atoms with Crippen molar-refractivity contribution < 1.29 is 5.11 Å². The SMILES string of the molecule is CCC1CCCN1c1ccc(CO)c(Cl)c1. The highest BCUT2D eigenvalue weighted by atomic mass is 35.5. The summed E-state index contributed by atoms with van der Waals surface area (Å²) >= 11 is 6.11. The number of halogens is 1. The predicted octanol–water partition coefficient (Wildman–Crippen LogP) is 3.21. The Morgan fingerprint density at radius 3 is 2.94 bits per heavy atom. The minimum Gasteiger partial charge on any atom is -0.392 e. The van der Waals surface area contributed by atoms with Gasteiger partial charge in [0, 0.05) is 23.3 Å². The highest BCUT2D eigenvalue weighted by molar-refractivity contribution is 6.31. The average Bonchev–Trinajstić information content (AvgIpc) is 2.77. The Bertz CT molecular complexity index is 367. The van der Waals surface area contributed by atoms with Crippen LogP contribution in [0, 0.1) is 0 Å². The molecule has 0 aromatic heterocycles. The van der Waals surface area contributed by atoms with E-state index in [1.54, 1.807) is 0 Å². The second-order valence-electron chi connectivity index (χ2n) is 4.33. The molecule has 0 saturated carbocycles. The lowest BCUT2D eigenvalue weighted by atomic mass is 10.1. The van der Waals surface area contributed by atoms with Gasteiger partial charge in [-0.3, -0.25) is 0 Å². The van der Waals surface area contributed by atoms with Gasteiger partial charge in [-0.1, -0.05) is 24.6 Å². The Labute approximate surface area is 102 Å². The summed E-state index contributed by atoms with van der Waals surface area (Å²) in [6, 6.07) is 6.60. The standard InChI is InChI=1S/C13H18ClNO/c1-2-11-4-3-7-15(11)12-6-5-10(9-16)13(14)8-12/h5-6,8,11,16H,2-4,7,9H2,1H3. The molecule has 0 spiro atoms. The van der Waals surface area contributed by atoms with Crippen molar-refractivity contribution in [3.05, 3.63) is 28.8 Å². The molecular weight excluding hydrogens is 222 g/mol. The maximum absolute atomic E-state index is 9.07. The number of anilines is 1. The summed E-state index contributed by atoms with van der Waals surface area (Å²) in [4.78, 5) is 2.42. The van der Waals surface area contributed by atoms with Crippen LogP contribution in [-0.4, -0.2) is 17.7 Å². The number of hydrogen-bond acceptors (Lipinski definition) is 2. The first kappa shape index (κ1) is 11.7. The van der Waals surface area contributed by atoms with E-state index in [9.17, 15) is 0 Å². The first-order valence-corrected chi connectivity index (χ1v) is 6.30. The van der Waals surface area contributed by atoms with Crippen LogP contribution in [0.3, 0.4) is 0 Å². The Morgan fingerprint density at radius 2 is 2.31 bits per heavy atom. The van der Waals surface area contributed by atoms with Gasteiger partial charge in [-0.05, 0) is 37.0 Å². The van der Waals surface area contributed by atoms with E-state index < -0.39 is 0 Å². The third kappa shape index (κ3) is 2.18. The van der Waals surface area contributed by atoms with Crippen molar-refractivity contribution >= 4 is 17.3 Å². The van der Waals surface area contributed by atoms with E-state index in [1.807, 2.05) is 12.1 Å². The molecule has 88 valence electrons. The molecule has 3 heteroatoms. The predicted molar refractivity (Wildman–Crippen MR) is 68.0 cm³/mol. The van der Waals surface area contributed by atoms with E-state index >= 15 is 0 Å². The summed E-state index contributed by atoms with van der Waals surface area (Å²) in [5, 5.41) is 9.74. The quantitative estimate of drug-likeness (QED) is 0.876. The number of aliphatic hydroxyl groups is 1. The van der Waals surface area contributed by atoms with Gasteiger partial charge in [0.05, 0.1) is 6.61 Å². The fourth-order valence-corrected chi connectivity index (χ4v) is 2.68. The van der Waals surface area contributed by atoms with E-state index in [4.69, 9.17) is 16.7 Å². The molecule has 1 aliphatic rings. The molecule has 16 heavy (non-hydrogen) atoms.